The molecule has 0 spiro atoms. The molecule has 0 aliphatic heterocycles. The summed E-state index contributed by atoms with van der Waals surface area (Å²) in [4.78, 5) is 23.7. The molecular formula is C14H8FNO3S2. The van der Waals surface area contributed by atoms with Crippen LogP contribution in [0.25, 0.3) is 9.40 Å². The van der Waals surface area contributed by atoms with Crippen molar-refractivity contribution in [3.63, 3.8) is 0 Å². The predicted molar refractivity (Wildman–Crippen MR) is 81.0 cm³/mol. The predicted octanol–water partition coefficient (Wildman–Crippen LogP) is 4.05. The molecular weight excluding hydrogens is 313 g/mol. The van der Waals surface area contributed by atoms with Crippen molar-refractivity contribution >= 4 is 49.6 Å². The fourth-order valence-electron chi connectivity index (χ4n) is 1.91. The summed E-state index contributed by atoms with van der Waals surface area (Å²) in [5.41, 5.74) is -0.589. The number of halogens is 1. The van der Waals surface area contributed by atoms with Crippen LogP contribution in [0.4, 0.5) is 10.1 Å². The van der Waals surface area contributed by atoms with Crippen molar-refractivity contribution in [1.29, 1.82) is 0 Å². The van der Waals surface area contributed by atoms with Gasteiger partial charge in [-0.1, -0.05) is 6.07 Å². The highest BCUT2D eigenvalue weighted by molar-refractivity contribution is 7.27. The normalized spacial score (nSPS) is 10.7. The number of rotatable bonds is 3. The monoisotopic (exact) mass is 321 g/mol. The highest BCUT2D eigenvalue weighted by Crippen LogP contribution is 2.30. The molecule has 2 heterocycles. The molecule has 3 aromatic rings. The number of carboxylic acids is 1. The third-order valence-electron chi connectivity index (χ3n) is 2.84. The second-order valence-electron chi connectivity index (χ2n) is 4.18. The van der Waals surface area contributed by atoms with E-state index in [1.807, 2.05) is 11.4 Å². The molecule has 0 aliphatic carbocycles. The Labute approximate surface area is 126 Å². The first-order chi connectivity index (χ1) is 10.1. The second kappa shape index (κ2) is 5.27. The first-order valence-electron chi connectivity index (χ1n) is 5.86. The summed E-state index contributed by atoms with van der Waals surface area (Å²) in [5.74, 6) is -2.75. The number of carbonyl (C=O) groups is 2. The minimum absolute atomic E-state index is 0.0516. The van der Waals surface area contributed by atoms with Crippen LogP contribution in [0.3, 0.4) is 0 Å². The molecule has 0 unspecified atom stereocenters. The Morgan fingerprint density at radius 1 is 1.19 bits per heavy atom. The molecule has 0 saturated carbocycles. The molecule has 106 valence electrons. The van der Waals surface area contributed by atoms with E-state index in [0.717, 1.165) is 15.5 Å². The van der Waals surface area contributed by atoms with Gasteiger partial charge < -0.3 is 10.4 Å². The van der Waals surface area contributed by atoms with Crippen molar-refractivity contribution in [3.8, 4) is 0 Å². The first kappa shape index (κ1) is 13.7. The largest absolute Gasteiger partial charge is 0.478 e. The number of thiophene rings is 2. The Hall–Kier alpha value is -2.25. The number of aromatic carboxylic acids is 1. The van der Waals surface area contributed by atoms with E-state index in [9.17, 15) is 14.0 Å². The summed E-state index contributed by atoms with van der Waals surface area (Å²) in [6, 6.07) is 7.40. The van der Waals surface area contributed by atoms with E-state index in [4.69, 9.17) is 5.11 Å². The highest BCUT2D eigenvalue weighted by Gasteiger charge is 2.19. The molecule has 21 heavy (non-hydrogen) atoms. The lowest BCUT2D eigenvalue weighted by atomic mass is 10.1. The Balaban J connectivity index is 1.93. The summed E-state index contributed by atoms with van der Waals surface area (Å²) >= 11 is 2.83. The molecule has 3 rings (SSSR count). The number of fused-ring (bicyclic) bond motifs is 1. The summed E-state index contributed by atoms with van der Waals surface area (Å²) in [6.07, 6.45) is 0. The van der Waals surface area contributed by atoms with E-state index in [1.54, 1.807) is 6.07 Å². The Morgan fingerprint density at radius 3 is 2.71 bits per heavy atom. The van der Waals surface area contributed by atoms with Crippen LogP contribution in [0.15, 0.2) is 35.7 Å². The van der Waals surface area contributed by atoms with Gasteiger partial charge in [0.15, 0.2) is 0 Å². The SMILES string of the molecule is O=C(Nc1cccc(F)c1C(=O)O)c1cc2sccc2s1. The zero-order valence-corrected chi connectivity index (χ0v) is 12.1. The molecule has 0 atom stereocenters. The third-order valence-corrected chi connectivity index (χ3v) is 4.93. The molecule has 1 amide bonds. The molecule has 1 aromatic carbocycles. The Bertz CT molecular complexity index is 824. The van der Waals surface area contributed by atoms with Crippen LogP contribution in [0.5, 0.6) is 0 Å². The van der Waals surface area contributed by atoms with E-state index < -0.39 is 23.3 Å². The van der Waals surface area contributed by atoms with Gasteiger partial charge in [-0.25, -0.2) is 9.18 Å². The Morgan fingerprint density at radius 2 is 2.00 bits per heavy atom. The number of hydrogen-bond donors (Lipinski definition) is 2. The third kappa shape index (κ3) is 2.53. The van der Waals surface area contributed by atoms with E-state index >= 15 is 0 Å². The van der Waals surface area contributed by atoms with Gasteiger partial charge in [-0.2, -0.15) is 0 Å². The molecule has 0 aliphatic rings. The van der Waals surface area contributed by atoms with Crippen LogP contribution in [-0.4, -0.2) is 17.0 Å². The van der Waals surface area contributed by atoms with Crippen LogP contribution >= 0.6 is 22.7 Å². The van der Waals surface area contributed by atoms with Gasteiger partial charge in [0, 0.05) is 9.40 Å². The molecule has 0 fully saturated rings. The average Bonchev–Trinajstić information content (AvgIpc) is 2.98. The molecule has 0 saturated heterocycles. The van der Waals surface area contributed by atoms with Crippen LogP contribution in [0, 0.1) is 5.82 Å². The number of anilines is 1. The quantitative estimate of drug-likeness (QED) is 0.764. The fourth-order valence-corrected chi connectivity index (χ4v) is 3.91. The number of carboxylic acid groups (broad SMARTS) is 1. The number of nitrogens with one attached hydrogen (secondary N) is 1. The van der Waals surface area contributed by atoms with Gasteiger partial charge in [-0.15, -0.1) is 22.7 Å². The standard InChI is InChI=1S/C14H8FNO3S2/c15-7-2-1-3-8(12(7)14(18)19)16-13(17)11-6-10-9(21-11)4-5-20-10/h1-6H,(H,16,17)(H,18,19). The van der Waals surface area contributed by atoms with Crippen LogP contribution in [-0.2, 0) is 0 Å². The van der Waals surface area contributed by atoms with Crippen molar-refractivity contribution < 1.29 is 19.1 Å². The van der Waals surface area contributed by atoms with Gasteiger partial charge in [0.1, 0.15) is 11.4 Å². The summed E-state index contributed by atoms with van der Waals surface area (Å²) in [5, 5.41) is 13.4. The lowest BCUT2D eigenvalue weighted by Gasteiger charge is -2.07. The fraction of sp³-hybridized carbons (Fsp3) is 0. The number of hydrogen-bond acceptors (Lipinski definition) is 4. The van der Waals surface area contributed by atoms with Gasteiger partial charge >= 0.3 is 5.97 Å². The maximum atomic E-state index is 13.5. The Kier molecular flexibility index (Phi) is 3.44. The van der Waals surface area contributed by atoms with E-state index in [1.165, 1.54) is 34.8 Å². The number of amides is 1. The van der Waals surface area contributed by atoms with Crippen molar-refractivity contribution in [2.24, 2.45) is 0 Å². The minimum atomic E-state index is -1.42. The van der Waals surface area contributed by atoms with Crippen molar-refractivity contribution in [1.82, 2.24) is 0 Å². The van der Waals surface area contributed by atoms with Crippen molar-refractivity contribution in [2.45, 2.75) is 0 Å². The van der Waals surface area contributed by atoms with Crippen LogP contribution in [0.1, 0.15) is 20.0 Å². The maximum Gasteiger partial charge on any atom is 0.340 e. The van der Waals surface area contributed by atoms with Gasteiger partial charge in [0.05, 0.1) is 10.6 Å². The summed E-state index contributed by atoms with van der Waals surface area (Å²) in [6.45, 7) is 0. The zero-order valence-electron chi connectivity index (χ0n) is 10.4. The minimum Gasteiger partial charge on any atom is -0.478 e. The lowest BCUT2D eigenvalue weighted by molar-refractivity contribution is 0.0693. The molecule has 2 aromatic heterocycles. The smallest absolute Gasteiger partial charge is 0.340 e. The molecule has 2 N–H and O–H groups in total. The summed E-state index contributed by atoms with van der Waals surface area (Å²) < 4.78 is 15.5. The van der Waals surface area contributed by atoms with Crippen molar-refractivity contribution in [2.75, 3.05) is 5.32 Å². The van der Waals surface area contributed by atoms with Gasteiger partial charge in [0.2, 0.25) is 0 Å². The lowest BCUT2D eigenvalue weighted by Crippen LogP contribution is -2.14. The topological polar surface area (TPSA) is 66.4 Å². The van der Waals surface area contributed by atoms with E-state index in [0.29, 0.717) is 4.88 Å². The van der Waals surface area contributed by atoms with Crippen LogP contribution in [0.2, 0.25) is 0 Å². The van der Waals surface area contributed by atoms with E-state index in [2.05, 4.69) is 5.32 Å². The average molecular weight is 321 g/mol. The van der Waals surface area contributed by atoms with Gasteiger partial charge in [-0.3, -0.25) is 4.79 Å². The number of carbonyl (C=O) groups excluding carboxylic acids is 1. The molecule has 7 heteroatoms. The molecule has 0 bridgehead atoms. The maximum absolute atomic E-state index is 13.5. The zero-order chi connectivity index (χ0) is 15.0. The van der Waals surface area contributed by atoms with E-state index in [-0.39, 0.29) is 5.69 Å². The highest BCUT2D eigenvalue weighted by atomic mass is 32.1. The number of benzene rings is 1. The first-order valence-corrected chi connectivity index (χ1v) is 7.56. The second-order valence-corrected chi connectivity index (χ2v) is 6.21. The van der Waals surface area contributed by atoms with Gasteiger partial charge in [0.25, 0.3) is 5.91 Å². The molecule has 4 nitrogen and oxygen atoms in total. The van der Waals surface area contributed by atoms with Gasteiger partial charge in [-0.05, 0) is 29.6 Å². The van der Waals surface area contributed by atoms with Crippen molar-refractivity contribution in [3.05, 3.63) is 52.0 Å². The van der Waals surface area contributed by atoms with Crippen LogP contribution < -0.4 is 5.32 Å². The molecule has 0 radical (unpaired) electrons. The summed E-state index contributed by atoms with van der Waals surface area (Å²) in [7, 11) is 0.